The Balaban J connectivity index is 1.96. The van der Waals surface area contributed by atoms with Gasteiger partial charge in [-0.25, -0.2) is 4.98 Å². The van der Waals surface area contributed by atoms with Crippen molar-refractivity contribution in [3.8, 4) is 0 Å². The molecule has 0 amide bonds. The van der Waals surface area contributed by atoms with Gasteiger partial charge in [-0.3, -0.25) is 10.1 Å². The van der Waals surface area contributed by atoms with Crippen LogP contribution in [0.3, 0.4) is 0 Å². The predicted octanol–water partition coefficient (Wildman–Crippen LogP) is 4.37. The molecule has 0 radical (unpaired) electrons. The van der Waals surface area contributed by atoms with Gasteiger partial charge < -0.3 is 4.90 Å². The van der Waals surface area contributed by atoms with Gasteiger partial charge >= 0.3 is 0 Å². The van der Waals surface area contributed by atoms with Gasteiger partial charge in [0, 0.05) is 12.6 Å². The zero-order valence-corrected chi connectivity index (χ0v) is 12.7. The summed E-state index contributed by atoms with van der Waals surface area (Å²) in [5.41, 5.74) is 1.14. The second-order valence-electron chi connectivity index (χ2n) is 5.37. The highest BCUT2D eigenvalue weighted by Gasteiger charge is 2.27. The van der Waals surface area contributed by atoms with Crippen molar-refractivity contribution in [2.24, 2.45) is 0 Å². The molecule has 0 aliphatic carbocycles. The largest absolute Gasteiger partial charge is 0.348 e. The van der Waals surface area contributed by atoms with Gasteiger partial charge in [0.25, 0.3) is 5.69 Å². The van der Waals surface area contributed by atoms with Crippen LogP contribution in [0.15, 0.2) is 42.6 Å². The summed E-state index contributed by atoms with van der Waals surface area (Å²) in [5, 5.41) is 11.2. The molecule has 1 atom stereocenters. The molecule has 1 saturated heterocycles. The molecule has 2 heterocycles. The minimum absolute atomic E-state index is 0.0815. The van der Waals surface area contributed by atoms with Crippen molar-refractivity contribution in [2.45, 2.75) is 25.3 Å². The Hall–Kier alpha value is -2.14. The van der Waals surface area contributed by atoms with Gasteiger partial charge in [0.1, 0.15) is 12.0 Å². The molecule has 5 nitrogen and oxygen atoms in total. The average Bonchev–Trinajstić information content (AvgIpc) is 2.55. The molecule has 0 N–H and O–H groups in total. The maximum Gasteiger partial charge on any atom is 0.289 e. The SMILES string of the molecule is O=[N+]([O-])c1cnc(N2CCCC[C@@H]2c2ccccc2)c(Cl)c1. The van der Waals surface area contributed by atoms with Crippen molar-refractivity contribution < 1.29 is 4.92 Å². The van der Waals surface area contributed by atoms with E-state index in [4.69, 9.17) is 11.6 Å². The van der Waals surface area contributed by atoms with Crippen LogP contribution in [0.1, 0.15) is 30.9 Å². The van der Waals surface area contributed by atoms with E-state index in [9.17, 15) is 10.1 Å². The van der Waals surface area contributed by atoms with Gasteiger partial charge in [-0.1, -0.05) is 41.9 Å². The molecule has 2 aromatic rings. The summed E-state index contributed by atoms with van der Waals surface area (Å²) in [7, 11) is 0. The van der Waals surface area contributed by atoms with Crippen LogP contribution in [0.5, 0.6) is 0 Å². The number of pyridine rings is 1. The van der Waals surface area contributed by atoms with E-state index in [1.54, 1.807) is 0 Å². The lowest BCUT2D eigenvalue weighted by Gasteiger charge is -2.37. The van der Waals surface area contributed by atoms with E-state index in [1.165, 1.54) is 17.8 Å². The standard InChI is InChI=1S/C16H16ClN3O2/c17-14-10-13(20(21)22)11-18-16(14)19-9-5-4-8-15(19)12-6-2-1-3-7-12/h1-3,6-7,10-11,15H,4-5,8-9H2/t15-/m1/s1. The molecule has 0 spiro atoms. The number of piperidine rings is 1. The molecule has 0 unspecified atom stereocenters. The third kappa shape index (κ3) is 2.90. The molecular weight excluding hydrogens is 302 g/mol. The third-order valence-corrected chi connectivity index (χ3v) is 4.26. The number of rotatable bonds is 3. The summed E-state index contributed by atoms with van der Waals surface area (Å²) in [4.78, 5) is 16.8. The number of nitrogens with zero attached hydrogens (tertiary/aromatic N) is 3. The Morgan fingerprint density at radius 1 is 1.27 bits per heavy atom. The summed E-state index contributed by atoms with van der Waals surface area (Å²) in [6, 6.07) is 11.8. The van der Waals surface area contributed by atoms with E-state index in [0.29, 0.717) is 10.8 Å². The van der Waals surface area contributed by atoms with Crippen LogP contribution in [0, 0.1) is 10.1 Å². The minimum Gasteiger partial charge on any atom is -0.348 e. The Morgan fingerprint density at radius 2 is 2.05 bits per heavy atom. The normalized spacial score (nSPS) is 18.2. The van der Waals surface area contributed by atoms with E-state index in [-0.39, 0.29) is 11.7 Å². The van der Waals surface area contributed by atoms with Gasteiger partial charge in [-0.2, -0.15) is 0 Å². The number of aromatic nitrogens is 1. The predicted molar refractivity (Wildman–Crippen MR) is 86.3 cm³/mol. The highest BCUT2D eigenvalue weighted by molar-refractivity contribution is 6.33. The van der Waals surface area contributed by atoms with E-state index < -0.39 is 4.92 Å². The zero-order valence-electron chi connectivity index (χ0n) is 12.0. The van der Waals surface area contributed by atoms with E-state index in [0.717, 1.165) is 25.8 Å². The molecule has 6 heteroatoms. The lowest BCUT2D eigenvalue weighted by Crippen LogP contribution is -2.34. The molecule has 1 fully saturated rings. The van der Waals surface area contributed by atoms with Crippen molar-refractivity contribution >= 4 is 23.1 Å². The highest BCUT2D eigenvalue weighted by atomic mass is 35.5. The molecule has 1 aliphatic rings. The molecule has 1 aromatic heterocycles. The quantitative estimate of drug-likeness (QED) is 0.623. The van der Waals surface area contributed by atoms with Crippen molar-refractivity contribution in [3.05, 3.63) is 63.3 Å². The van der Waals surface area contributed by atoms with Gasteiger partial charge in [0.05, 0.1) is 16.0 Å². The smallest absolute Gasteiger partial charge is 0.289 e. The fourth-order valence-corrected chi connectivity index (χ4v) is 3.21. The first kappa shape index (κ1) is 14.8. The van der Waals surface area contributed by atoms with Crippen LogP contribution in [0.4, 0.5) is 11.5 Å². The molecular formula is C16H16ClN3O2. The van der Waals surface area contributed by atoms with Gasteiger partial charge in [0.2, 0.25) is 0 Å². The monoisotopic (exact) mass is 317 g/mol. The molecule has 0 bridgehead atoms. The summed E-state index contributed by atoms with van der Waals surface area (Å²) in [6.45, 7) is 0.851. The first-order valence-electron chi connectivity index (χ1n) is 7.28. The lowest BCUT2D eigenvalue weighted by molar-refractivity contribution is -0.385. The summed E-state index contributed by atoms with van der Waals surface area (Å²) < 4.78 is 0. The fraction of sp³-hybridized carbons (Fsp3) is 0.312. The Kier molecular flexibility index (Phi) is 4.24. The Morgan fingerprint density at radius 3 is 2.73 bits per heavy atom. The summed E-state index contributed by atoms with van der Waals surface area (Å²) in [5.74, 6) is 0.626. The first-order chi connectivity index (χ1) is 10.7. The van der Waals surface area contributed by atoms with Gasteiger partial charge in [0.15, 0.2) is 0 Å². The second-order valence-corrected chi connectivity index (χ2v) is 5.78. The van der Waals surface area contributed by atoms with Crippen LogP contribution in [-0.2, 0) is 0 Å². The maximum atomic E-state index is 10.8. The molecule has 0 saturated carbocycles. The van der Waals surface area contributed by atoms with Crippen molar-refractivity contribution in [3.63, 3.8) is 0 Å². The Labute approximate surface area is 133 Å². The summed E-state index contributed by atoms with van der Waals surface area (Å²) in [6.07, 6.45) is 4.52. The van der Waals surface area contributed by atoms with Crippen LogP contribution in [0.25, 0.3) is 0 Å². The van der Waals surface area contributed by atoms with E-state index in [1.807, 2.05) is 18.2 Å². The minimum atomic E-state index is -0.479. The molecule has 22 heavy (non-hydrogen) atoms. The van der Waals surface area contributed by atoms with Crippen LogP contribution in [-0.4, -0.2) is 16.5 Å². The molecule has 3 rings (SSSR count). The van der Waals surface area contributed by atoms with Gasteiger partial charge in [-0.15, -0.1) is 0 Å². The first-order valence-corrected chi connectivity index (χ1v) is 7.66. The zero-order chi connectivity index (χ0) is 15.5. The van der Waals surface area contributed by atoms with Gasteiger partial charge in [-0.05, 0) is 24.8 Å². The topological polar surface area (TPSA) is 59.3 Å². The number of hydrogen-bond donors (Lipinski definition) is 0. The number of benzene rings is 1. The lowest BCUT2D eigenvalue weighted by atomic mass is 9.95. The van der Waals surface area contributed by atoms with Crippen molar-refractivity contribution in [1.29, 1.82) is 0 Å². The van der Waals surface area contributed by atoms with Crippen molar-refractivity contribution in [1.82, 2.24) is 4.98 Å². The summed E-state index contributed by atoms with van der Waals surface area (Å²) >= 11 is 6.25. The molecule has 1 aliphatic heterocycles. The van der Waals surface area contributed by atoms with Crippen LogP contribution >= 0.6 is 11.6 Å². The van der Waals surface area contributed by atoms with E-state index >= 15 is 0 Å². The second kappa shape index (κ2) is 6.32. The molecule has 114 valence electrons. The van der Waals surface area contributed by atoms with Crippen molar-refractivity contribution in [2.75, 3.05) is 11.4 Å². The number of nitro groups is 1. The third-order valence-electron chi connectivity index (χ3n) is 3.98. The highest BCUT2D eigenvalue weighted by Crippen LogP contribution is 2.37. The van der Waals surface area contributed by atoms with Crippen LogP contribution in [0.2, 0.25) is 5.02 Å². The number of anilines is 1. The number of halogens is 1. The number of hydrogen-bond acceptors (Lipinski definition) is 4. The maximum absolute atomic E-state index is 10.8. The van der Waals surface area contributed by atoms with E-state index in [2.05, 4.69) is 22.0 Å². The fourth-order valence-electron chi connectivity index (χ4n) is 2.94. The Bertz CT molecular complexity index is 678. The average molecular weight is 318 g/mol. The molecule has 1 aromatic carbocycles. The van der Waals surface area contributed by atoms with Crippen LogP contribution < -0.4 is 4.90 Å².